The molecule has 0 spiro atoms. The highest BCUT2D eigenvalue weighted by molar-refractivity contribution is 9.10. The number of halogens is 1. The largest absolute Gasteiger partial charge is 0.479 e. The number of carboxylic acid groups (broad SMARTS) is 1. The zero-order valence-electron chi connectivity index (χ0n) is 8.56. The zero-order chi connectivity index (χ0) is 11.5. The molecular weight excluding hydrogens is 278 g/mol. The van der Waals surface area contributed by atoms with Crippen molar-refractivity contribution in [2.24, 2.45) is 0 Å². The second kappa shape index (κ2) is 4.99. The molecular formula is C10H12BrNO4. The Labute approximate surface area is 101 Å². The van der Waals surface area contributed by atoms with Crippen LogP contribution in [0.3, 0.4) is 0 Å². The van der Waals surface area contributed by atoms with Crippen LogP contribution >= 0.6 is 15.9 Å². The highest BCUT2D eigenvalue weighted by Crippen LogP contribution is 2.20. The molecule has 0 aromatic carbocycles. The van der Waals surface area contributed by atoms with E-state index < -0.39 is 12.1 Å². The molecule has 1 fully saturated rings. The van der Waals surface area contributed by atoms with Crippen molar-refractivity contribution in [1.82, 2.24) is 4.90 Å². The maximum absolute atomic E-state index is 10.8. The van der Waals surface area contributed by atoms with Gasteiger partial charge in [-0.15, -0.1) is 0 Å². The summed E-state index contributed by atoms with van der Waals surface area (Å²) in [6.07, 6.45) is 0.872. The van der Waals surface area contributed by atoms with Crippen molar-refractivity contribution in [3.63, 3.8) is 0 Å². The quantitative estimate of drug-likeness (QED) is 0.910. The second-order valence-corrected chi connectivity index (χ2v) is 4.48. The van der Waals surface area contributed by atoms with Crippen LogP contribution in [0.5, 0.6) is 0 Å². The number of aliphatic carboxylic acids is 1. The van der Waals surface area contributed by atoms with Crippen molar-refractivity contribution in [2.45, 2.75) is 12.6 Å². The van der Waals surface area contributed by atoms with Gasteiger partial charge in [-0.2, -0.15) is 0 Å². The summed E-state index contributed by atoms with van der Waals surface area (Å²) in [5.74, 6) is -0.103. The van der Waals surface area contributed by atoms with Crippen molar-refractivity contribution < 1.29 is 19.1 Å². The Hall–Kier alpha value is -0.850. The lowest BCUT2D eigenvalue weighted by Gasteiger charge is -2.30. The van der Waals surface area contributed by atoms with Crippen molar-refractivity contribution >= 4 is 21.9 Å². The first-order valence-corrected chi connectivity index (χ1v) is 5.75. The van der Waals surface area contributed by atoms with Gasteiger partial charge in [0, 0.05) is 13.1 Å². The molecule has 0 radical (unpaired) electrons. The van der Waals surface area contributed by atoms with E-state index in [0.29, 0.717) is 19.7 Å². The van der Waals surface area contributed by atoms with Crippen LogP contribution in [0, 0.1) is 0 Å². The minimum atomic E-state index is -0.914. The number of rotatable bonds is 3. The van der Waals surface area contributed by atoms with E-state index in [1.54, 1.807) is 6.26 Å². The van der Waals surface area contributed by atoms with E-state index >= 15 is 0 Å². The average molecular weight is 290 g/mol. The van der Waals surface area contributed by atoms with E-state index in [0.717, 1.165) is 16.8 Å². The third-order valence-corrected chi connectivity index (χ3v) is 3.19. The third kappa shape index (κ3) is 2.63. The van der Waals surface area contributed by atoms with Crippen molar-refractivity contribution in [3.8, 4) is 0 Å². The van der Waals surface area contributed by atoms with Crippen LogP contribution in [0.25, 0.3) is 0 Å². The molecule has 1 unspecified atom stereocenters. The van der Waals surface area contributed by atoms with Crippen LogP contribution < -0.4 is 0 Å². The van der Waals surface area contributed by atoms with E-state index in [1.165, 1.54) is 0 Å². The maximum Gasteiger partial charge on any atom is 0.334 e. The number of morpholine rings is 1. The number of hydrogen-bond acceptors (Lipinski definition) is 4. The lowest BCUT2D eigenvalue weighted by molar-refractivity contribution is -0.156. The molecule has 0 amide bonds. The molecule has 1 aromatic heterocycles. The first-order valence-electron chi connectivity index (χ1n) is 4.95. The van der Waals surface area contributed by atoms with Gasteiger partial charge in [-0.1, -0.05) is 0 Å². The highest BCUT2D eigenvalue weighted by atomic mass is 79.9. The van der Waals surface area contributed by atoms with Gasteiger partial charge < -0.3 is 14.3 Å². The van der Waals surface area contributed by atoms with Gasteiger partial charge in [-0.3, -0.25) is 4.90 Å². The monoisotopic (exact) mass is 289 g/mol. The Kier molecular flexibility index (Phi) is 3.63. The first-order chi connectivity index (χ1) is 7.66. The summed E-state index contributed by atoms with van der Waals surface area (Å²) < 4.78 is 11.3. The Morgan fingerprint density at radius 2 is 2.50 bits per heavy atom. The molecule has 1 aliphatic heterocycles. The molecule has 1 atom stereocenters. The SMILES string of the molecule is O=C(O)C1CN(Cc2occc2Br)CCO1. The van der Waals surface area contributed by atoms with E-state index in [4.69, 9.17) is 14.3 Å². The maximum atomic E-state index is 10.8. The van der Waals surface area contributed by atoms with Gasteiger partial charge in [0.25, 0.3) is 0 Å². The fourth-order valence-electron chi connectivity index (χ4n) is 1.64. The number of hydrogen-bond donors (Lipinski definition) is 1. The first kappa shape index (κ1) is 11.6. The predicted octanol–water partition coefficient (Wildman–Crippen LogP) is 1.33. The van der Waals surface area contributed by atoms with Gasteiger partial charge >= 0.3 is 5.97 Å². The minimum Gasteiger partial charge on any atom is -0.479 e. The van der Waals surface area contributed by atoms with Crippen molar-refractivity contribution in [3.05, 3.63) is 22.6 Å². The summed E-state index contributed by atoms with van der Waals surface area (Å²) in [6, 6.07) is 1.82. The summed E-state index contributed by atoms with van der Waals surface area (Å²) in [7, 11) is 0. The molecule has 1 N–H and O–H groups in total. The van der Waals surface area contributed by atoms with Crippen molar-refractivity contribution in [1.29, 1.82) is 0 Å². The van der Waals surface area contributed by atoms with Gasteiger partial charge in [0.1, 0.15) is 5.76 Å². The topological polar surface area (TPSA) is 62.9 Å². The number of nitrogens with zero attached hydrogens (tertiary/aromatic N) is 1. The Morgan fingerprint density at radius 3 is 3.12 bits per heavy atom. The average Bonchev–Trinajstić information content (AvgIpc) is 2.65. The number of furan rings is 1. The molecule has 88 valence electrons. The fraction of sp³-hybridized carbons (Fsp3) is 0.500. The Morgan fingerprint density at radius 1 is 1.69 bits per heavy atom. The molecule has 5 nitrogen and oxygen atoms in total. The van der Waals surface area contributed by atoms with Crippen LogP contribution in [0.2, 0.25) is 0 Å². The lowest BCUT2D eigenvalue weighted by Crippen LogP contribution is -2.45. The summed E-state index contributed by atoms with van der Waals surface area (Å²) in [4.78, 5) is 12.8. The molecule has 1 aromatic rings. The second-order valence-electron chi connectivity index (χ2n) is 3.62. The normalized spacial score (nSPS) is 22.2. The van der Waals surface area contributed by atoms with Gasteiger partial charge in [0.2, 0.25) is 0 Å². The van der Waals surface area contributed by atoms with Gasteiger partial charge in [0.05, 0.1) is 23.9 Å². The number of carbonyl (C=O) groups is 1. The standard InChI is InChI=1S/C10H12BrNO4/c11-7-1-3-15-8(7)5-12-2-4-16-9(6-12)10(13)14/h1,3,9H,2,4-6H2,(H,13,14). The molecule has 1 aliphatic rings. The molecule has 1 saturated heterocycles. The molecule has 0 aliphatic carbocycles. The lowest BCUT2D eigenvalue weighted by atomic mass is 10.2. The fourth-order valence-corrected chi connectivity index (χ4v) is 1.96. The van der Waals surface area contributed by atoms with Crippen LogP contribution in [-0.4, -0.2) is 41.8 Å². The summed E-state index contributed by atoms with van der Waals surface area (Å²) in [5.41, 5.74) is 0. The van der Waals surface area contributed by atoms with E-state index in [9.17, 15) is 4.79 Å². The molecule has 2 heterocycles. The van der Waals surface area contributed by atoms with Crippen LogP contribution in [0.1, 0.15) is 5.76 Å². The Balaban J connectivity index is 1.95. The van der Waals surface area contributed by atoms with E-state index in [-0.39, 0.29) is 0 Å². The number of carboxylic acids is 1. The minimum absolute atomic E-state index is 0.391. The van der Waals surface area contributed by atoms with Gasteiger partial charge in [-0.05, 0) is 22.0 Å². The summed E-state index contributed by atoms with van der Waals surface area (Å²) >= 11 is 3.37. The Bertz CT molecular complexity index is 379. The molecule has 6 heteroatoms. The van der Waals surface area contributed by atoms with Gasteiger partial charge in [0.15, 0.2) is 6.10 Å². The summed E-state index contributed by atoms with van der Waals surface area (Å²) in [5, 5.41) is 8.85. The van der Waals surface area contributed by atoms with Gasteiger partial charge in [-0.25, -0.2) is 4.79 Å². The summed E-state index contributed by atoms with van der Waals surface area (Å²) in [6.45, 7) is 2.15. The van der Waals surface area contributed by atoms with Crippen molar-refractivity contribution in [2.75, 3.05) is 19.7 Å². The third-order valence-electron chi connectivity index (χ3n) is 2.48. The molecule has 0 bridgehead atoms. The molecule has 16 heavy (non-hydrogen) atoms. The van der Waals surface area contributed by atoms with Crippen LogP contribution in [0.4, 0.5) is 0 Å². The van der Waals surface area contributed by atoms with E-state index in [2.05, 4.69) is 15.9 Å². The smallest absolute Gasteiger partial charge is 0.334 e. The van der Waals surface area contributed by atoms with E-state index in [1.807, 2.05) is 11.0 Å². The molecule has 2 rings (SSSR count). The highest BCUT2D eigenvalue weighted by Gasteiger charge is 2.26. The van der Waals surface area contributed by atoms with Crippen LogP contribution in [0.15, 0.2) is 21.2 Å². The number of ether oxygens (including phenoxy) is 1. The van der Waals surface area contributed by atoms with Crippen LogP contribution in [-0.2, 0) is 16.1 Å². The zero-order valence-corrected chi connectivity index (χ0v) is 10.1. The molecule has 0 saturated carbocycles. The predicted molar refractivity (Wildman–Crippen MR) is 59.1 cm³/mol.